The largest absolute Gasteiger partial charge is 0.0885 e. The summed E-state index contributed by atoms with van der Waals surface area (Å²) in [6.45, 7) is 2.14. The molecule has 0 saturated carbocycles. The highest BCUT2D eigenvalue weighted by Crippen LogP contribution is 1.99. The molecule has 1 radical (unpaired) electrons. The lowest BCUT2D eigenvalue weighted by Gasteiger charge is -1.92. The summed E-state index contributed by atoms with van der Waals surface area (Å²) in [5.41, 5.74) is 1.26. The number of benzene rings is 1. The van der Waals surface area contributed by atoms with Crippen LogP contribution in [0.15, 0.2) is 36.4 Å². The van der Waals surface area contributed by atoms with Crippen molar-refractivity contribution >= 4 is 0 Å². The van der Waals surface area contributed by atoms with Crippen LogP contribution in [-0.2, 0) is 6.42 Å². The van der Waals surface area contributed by atoms with Crippen molar-refractivity contribution in [3.8, 4) is 0 Å². The first-order valence-electron chi connectivity index (χ1n) is 4.04. The minimum atomic E-state index is 1.01. The second kappa shape index (κ2) is 4.73. The van der Waals surface area contributed by atoms with Crippen molar-refractivity contribution in [1.82, 2.24) is 0 Å². The molecule has 0 saturated heterocycles. The normalized spacial score (nSPS) is 10.6. The molecule has 0 N–H and O–H groups in total. The maximum atomic E-state index is 3.18. The zero-order valence-corrected chi connectivity index (χ0v) is 6.88. The van der Waals surface area contributed by atoms with Crippen LogP contribution in [0.1, 0.15) is 18.9 Å². The van der Waals surface area contributed by atoms with Crippen molar-refractivity contribution in [2.24, 2.45) is 0 Å². The van der Waals surface area contributed by atoms with Gasteiger partial charge in [-0.25, -0.2) is 0 Å². The number of rotatable bonds is 3. The molecule has 0 aliphatic carbocycles. The quantitative estimate of drug-likeness (QED) is 0.573. The molecule has 11 heavy (non-hydrogen) atoms. The van der Waals surface area contributed by atoms with E-state index < -0.39 is 0 Å². The van der Waals surface area contributed by atoms with E-state index in [4.69, 9.17) is 0 Å². The molecule has 0 bridgehead atoms. The number of hydrogen-bond acceptors (Lipinski definition) is 0. The molecule has 0 amide bonds. The first kappa shape index (κ1) is 8.06. The van der Waals surface area contributed by atoms with Crippen LogP contribution in [0.3, 0.4) is 0 Å². The summed E-state index contributed by atoms with van der Waals surface area (Å²) in [6.07, 6.45) is 6.49. The summed E-state index contributed by atoms with van der Waals surface area (Å²) in [5, 5.41) is 0. The van der Waals surface area contributed by atoms with Crippen LogP contribution < -0.4 is 0 Å². The molecule has 0 unspecified atom stereocenters. The van der Waals surface area contributed by atoms with E-state index in [1.165, 1.54) is 5.56 Å². The zero-order valence-electron chi connectivity index (χ0n) is 6.88. The van der Waals surface area contributed by atoms with E-state index in [1.807, 2.05) is 18.2 Å². The molecule has 0 heteroatoms. The Morgan fingerprint density at radius 3 is 2.91 bits per heavy atom. The maximum absolute atomic E-state index is 3.18. The SMILES string of the molecule is CC/C=C/Cc1[c]cccc1. The summed E-state index contributed by atoms with van der Waals surface area (Å²) in [6, 6.07) is 11.3. The molecule has 0 aliphatic heterocycles. The molecule has 1 aromatic carbocycles. The van der Waals surface area contributed by atoms with Crippen LogP contribution >= 0.6 is 0 Å². The highest BCUT2D eigenvalue weighted by Gasteiger charge is 1.84. The molecule has 0 nitrogen and oxygen atoms in total. The Morgan fingerprint density at radius 2 is 2.27 bits per heavy atom. The summed E-state index contributed by atoms with van der Waals surface area (Å²) in [4.78, 5) is 0. The van der Waals surface area contributed by atoms with Crippen LogP contribution in [0.5, 0.6) is 0 Å². The summed E-state index contributed by atoms with van der Waals surface area (Å²) in [5.74, 6) is 0. The van der Waals surface area contributed by atoms with Gasteiger partial charge in [-0.3, -0.25) is 0 Å². The first-order valence-corrected chi connectivity index (χ1v) is 4.04. The number of allylic oxidation sites excluding steroid dienone is 2. The van der Waals surface area contributed by atoms with Crippen LogP contribution in [0, 0.1) is 6.07 Å². The van der Waals surface area contributed by atoms with Gasteiger partial charge in [-0.05, 0) is 24.5 Å². The summed E-state index contributed by atoms with van der Waals surface area (Å²) in [7, 11) is 0. The van der Waals surface area contributed by atoms with Crippen LogP contribution in [-0.4, -0.2) is 0 Å². The van der Waals surface area contributed by atoms with E-state index in [9.17, 15) is 0 Å². The Kier molecular flexibility index (Phi) is 3.46. The van der Waals surface area contributed by atoms with E-state index in [0.717, 1.165) is 12.8 Å². The molecule has 0 aromatic heterocycles. The topological polar surface area (TPSA) is 0 Å². The van der Waals surface area contributed by atoms with Crippen molar-refractivity contribution in [2.45, 2.75) is 19.8 Å². The molecule has 0 spiro atoms. The van der Waals surface area contributed by atoms with Gasteiger partial charge >= 0.3 is 0 Å². The molecule has 0 aliphatic rings. The van der Waals surface area contributed by atoms with Gasteiger partial charge in [0, 0.05) is 0 Å². The smallest absolute Gasteiger partial charge is 0.00913 e. The molecule has 57 valence electrons. The van der Waals surface area contributed by atoms with Gasteiger partial charge in [0.05, 0.1) is 0 Å². The standard InChI is InChI=1S/C11H13/c1-2-3-5-8-11-9-6-4-7-10-11/h3-7,9H,2,8H2,1H3/b5-3+. The molecule has 1 aromatic rings. The van der Waals surface area contributed by atoms with Crippen LogP contribution in [0.25, 0.3) is 0 Å². The van der Waals surface area contributed by atoms with Crippen molar-refractivity contribution < 1.29 is 0 Å². The minimum Gasteiger partial charge on any atom is -0.0885 e. The second-order valence-electron chi connectivity index (χ2n) is 2.47. The average molecular weight is 145 g/mol. The van der Waals surface area contributed by atoms with Gasteiger partial charge in [-0.15, -0.1) is 0 Å². The summed E-state index contributed by atoms with van der Waals surface area (Å²) < 4.78 is 0. The van der Waals surface area contributed by atoms with Gasteiger partial charge in [0.15, 0.2) is 0 Å². The van der Waals surface area contributed by atoms with Gasteiger partial charge in [0.2, 0.25) is 0 Å². The molecule has 0 atom stereocenters. The van der Waals surface area contributed by atoms with E-state index >= 15 is 0 Å². The highest BCUT2D eigenvalue weighted by atomic mass is 13.9. The molecule has 1 rings (SSSR count). The maximum Gasteiger partial charge on any atom is -0.00913 e. The molecule has 0 heterocycles. The fraction of sp³-hybridized carbons (Fsp3) is 0.273. The third-order valence-electron chi connectivity index (χ3n) is 1.51. The van der Waals surface area contributed by atoms with E-state index in [1.54, 1.807) is 0 Å². The van der Waals surface area contributed by atoms with Gasteiger partial charge in [0.1, 0.15) is 0 Å². The third-order valence-corrected chi connectivity index (χ3v) is 1.51. The van der Waals surface area contributed by atoms with E-state index in [0.29, 0.717) is 0 Å². The van der Waals surface area contributed by atoms with Crippen molar-refractivity contribution in [1.29, 1.82) is 0 Å². The van der Waals surface area contributed by atoms with Gasteiger partial charge in [-0.1, -0.05) is 43.3 Å². The monoisotopic (exact) mass is 145 g/mol. The second-order valence-corrected chi connectivity index (χ2v) is 2.47. The Hall–Kier alpha value is -1.04. The zero-order chi connectivity index (χ0) is 7.94. The van der Waals surface area contributed by atoms with Gasteiger partial charge in [0.25, 0.3) is 0 Å². The average Bonchev–Trinajstić information content (AvgIpc) is 2.07. The van der Waals surface area contributed by atoms with E-state index in [2.05, 4.69) is 31.2 Å². The lowest BCUT2D eigenvalue weighted by atomic mass is 10.1. The number of hydrogen-bond donors (Lipinski definition) is 0. The van der Waals surface area contributed by atoms with Crippen LogP contribution in [0.4, 0.5) is 0 Å². The van der Waals surface area contributed by atoms with Crippen LogP contribution in [0.2, 0.25) is 0 Å². The van der Waals surface area contributed by atoms with Crippen molar-refractivity contribution in [3.63, 3.8) is 0 Å². The summed E-state index contributed by atoms with van der Waals surface area (Å²) >= 11 is 0. The molecular formula is C11H13. The van der Waals surface area contributed by atoms with Gasteiger partial charge < -0.3 is 0 Å². The van der Waals surface area contributed by atoms with E-state index in [-0.39, 0.29) is 0 Å². The Labute approximate surface area is 68.6 Å². The molecular weight excluding hydrogens is 132 g/mol. The first-order chi connectivity index (χ1) is 5.43. The lowest BCUT2D eigenvalue weighted by molar-refractivity contribution is 1.18. The lowest BCUT2D eigenvalue weighted by Crippen LogP contribution is -1.78. The van der Waals surface area contributed by atoms with Crippen molar-refractivity contribution in [2.75, 3.05) is 0 Å². The van der Waals surface area contributed by atoms with Gasteiger partial charge in [-0.2, -0.15) is 0 Å². The fourth-order valence-electron chi connectivity index (χ4n) is 0.934. The Morgan fingerprint density at radius 1 is 1.36 bits per heavy atom. The predicted octanol–water partition coefficient (Wildman–Crippen LogP) is 3.00. The van der Waals surface area contributed by atoms with Crippen molar-refractivity contribution in [3.05, 3.63) is 48.0 Å². The Balaban J connectivity index is 2.45. The fourth-order valence-corrected chi connectivity index (χ4v) is 0.934. The third kappa shape index (κ3) is 3.03. The molecule has 0 fully saturated rings. The minimum absolute atomic E-state index is 1.01. The predicted molar refractivity (Wildman–Crippen MR) is 48.4 cm³/mol. The highest BCUT2D eigenvalue weighted by molar-refractivity contribution is 5.15. The Bertz CT molecular complexity index is 209.